The second-order valence-electron chi connectivity index (χ2n) is 7.00. The quantitative estimate of drug-likeness (QED) is 0.289. The number of anilines is 1. The third-order valence-electron chi connectivity index (χ3n) is 4.34. The highest BCUT2D eigenvalue weighted by atomic mass is 32.1. The number of hydrogen-bond donors (Lipinski definition) is 3. The fourth-order valence-corrected chi connectivity index (χ4v) is 3.05. The Labute approximate surface area is 166 Å². The zero-order valence-electron chi connectivity index (χ0n) is 16.1. The molecule has 1 aromatic heterocycles. The maximum atomic E-state index is 5.42. The Hall–Kier alpha value is -1.84. The van der Waals surface area contributed by atoms with Gasteiger partial charge < -0.3 is 15.4 Å². The number of nitrogens with zero attached hydrogens (tertiary/aromatic N) is 4. The number of hydrogen-bond acceptors (Lipinski definition) is 6. The van der Waals surface area contributed by atoms with Gasteiger partial charge in [-0.25, -0.2) is 15.0 Å². The molecule has 9 heteroatoms. The van der Waals surface area contributed by atoms with Gasteiger partial charge in [0.1, 0.15) is 0 Å². The van der Waals surface area contributed by atoms with Gasteiger partial charge in [0.2, 0.25) is 11.9 Å². The standard InChI is InChI=1S/C18H29N7OS/c1-13-12-14(2)21-16(20-13)23-17(22-15-4-5-15)24-18(27)19-6-3-7-25-8-10-26-11-9-25/h12,15H,3-11H2,1-2H3,(H3,19,20,21,22,23,24,27). The fourth-order valence-electron chi connectivity index (χ4n) is 2.85. The number of rotatable bonds is 6. The Morgan fingerprint density at radius 2 is 1.96 bits per heavy atom. The lowest BCUT2D eigenvalue weighted by molar-refractivity contribution is 0.0376. The van der Waals surface area contributed by atoms with Crippen molar-refractivity contribution in [2.24, 2.45) is 4.99 Å². The van der Waals surface area contributed by atoms with E-state index in [2.05, 4.69) is 35.8 Å². The molecule has 0 unspecified atom stereocenters. The van der Waals surface area contributed by atoms with Gasteiger partial charge in [-0.05, 0) is 57.9 Å². The zero-order chi connectivity index (χ0) is 19.1. The summed E-state index contributed by atoms with van der Waals surface area (Å²) < 4.78 is 5.37. The van der Waals surface area contributed by atoms with Crippen LogP contribution in [-0.4, -0.2) is 71.4 Å². The second-order valence-corrected chi connectivity index (χ2v) is 7.40. The summed E-state index contributed by atoms with van der Waals surface area (Å²) in [4.78, 5) is 15.9. The topological polar surface area (TPSA) is 86.7 Å². The number of morpholine rings is 1. The van der Waals surface area contributed by atoms with Gasteiger partial charge in [0.25, 0.3) is 0 Å². The van der Waals surface area contributed by atoms with E-state index in [9.17, 15) is 0 Å². The van der Waals surface area contributed by atoms with Crippen molar-refractivity contribution in [3.05, 3.63) is 17.5 Å². The molecule has 0 radical (unpaired) electrons. The predicted molar refractivity (Wildman–Crippen MR) is 111 cm³/mol. The third-order valence-corrected chi connectivity index (χ3v) is 4.59. The molecule has 2 fully saturated rings. The van der Waals surface area contributed by atoms with Crippen molar-refractivity contribution >= 4 is 29.2 Å². The highest BCUT2D eigenvalue weighted by Gasteiger charge is 2.22. The van der Waals surface area contributed by atoms with Crippen molar-refractivity contribution in [1.82, 2.24) is 25.5 Å². The van der Waals surface area contributed by atoms with Gasteiger partial charge in [-0.15, -0.1) is 0 Å². The van der Waals surface area contributed by atoms with Crippen LogP contribution in [0.3, 0.4) is 0 Å². The molecule has 1 aliphatic carbocycles. The molecule has 0 atom stereocenters. The Kier molecular flexibility index (Phi) is 7.31. The Bertz CT molecular complexity index is 651. The van der Waals surface area contributed by atoms with Gasteiger partial charge in [-0.1, -0.05) is 0 Å². The molecule has 1 saturated carbocycles. The van der Waals surface area contributed by atoms with Crippen LogP contribution in [0.4, 0.5) is 5.95 Å². The lowest BCUT2D eigenvalue weighted by atomic mass is 10.3. The second kappa shape index (κ2) is 9.91. The molecule has 0 aromatic carbocycles. The molecule has 1 saturated heterocycles. The van der Waals surface area contributed by atoms with Gasteiger partial charge >= 0.3 is 0 Å². The first-order chi connectivity index (χ1) is 13.1. The number of aromatic nitrogens is 2. The van der Waals surface area contributed by atoms with E-state index in [0.29, 0.717) is 23.1 Å². The molecule has 1 aliphatic heterocycles. The first-order valence-electron chi connectivity index (χ1n) is 9.60. The number of aryl methyl sites for hydroxylation is 2. The molecule has 0 bridgehead atoms. The van der Waals surface area contributed by atoms with Crippen molar-refractivity contribution in [1.29, 1.82) is 0 Å². The first-order valence-corrected chi connectivity index (χ1v) is 10.0. The summed E-state index contributed by atoms with van der Waals surface area (Å²) in [5.41, 5.74) is 1.83. The van der Waals surface area contributed by atoms with Gasteiger partial charge in [-0.3, -0.25) is 10.2 Å². The third kappa shape index (κ3) is 7.36. The molecule has 0 spiro atoms. The van der Waals surface area contributed by atoms with E-state index in [4.69, 9.17) is 17.0 Å². The smallest absolute Gasteiger partial charge is 0.229 e. The molecule has 8 nitrogen and oxygen atoms in total. The molecule has 27 heavy (non-hydrogen) atoms. The van der Waals surface area contributed by atoms with E-state index in [1.807, 2.05) is 19.9 Å². The number of guanidine groups is 1. The van der Waals surface area contributed by atoms with Crippen LogP contribution in [0.25, 0.3) is 0 Å². The van der Waals surface area contributed by atoms with E-state index in [1.54, 1.807) is 0 Å². The minimum atomic E-state index is 0.357. The average Bonchev–Trinajstić information content (AvgIpc) is 3.42. The van der Waals surface area contributed by atoms with Crippen molar-refractivity contribution in [3.8, 4) is 0 Å². The van der Waals surface area contributed by atoms with E-state index in [1.165, 1.54) is 0 Å². The van der Waals surface area contributed by atoms with Crippen molar-refractivity contribution in [3.63, 3.8) is 0 Å². The first kappa shape index (κ1) is 19.9. The Morgan fingerprint density at radius 1 is 1.26 bits per heavy atom. The molecule has 1 aromatic rings. The van der Waals surface area contributed by atoms with E-state index in [0.717, 1.165) is 70.0 Å². The summed E-state index contributed by atoms with van der Waals surface area (Å²) in [5.74, 6) is 1.14. The molecular weight excluding hydrogens is 362 g/mol. The molecular formula is C18H29N7OS. The molecule has 3 rings (SSSR count). The number of ether oxygens (including phenoxy) is 1. The van der Waals surface area contributed by atoms with Crippen LogP contribution >= 0.6 is 12.2 Å². The number of thiocarbonyl (C=S) groups is 1. The van der Waals surface area contributed by atoms with Gasteiger partial charge in [0, 0.05) is 31.0 Å². The van der Waals surface area contributed by atoms with Crippen LogP contribution in [0, 0.1) is 13.8 Å². The van der Waals surface area contributed by atoms with Crippen LogP contribution in [-0.2, 0) is 4.74 Å². The molecule has 0 amide bonds. The molecule has 148 valence electrons. The lowest BCUT2D eigenvalue weighted by Gasteiger charge is -2.26. The van der Waals surface area contributed by atoms with Gasteiger partial charge in [0.05, 0.1) is 19.3 Å². The minimum Gasteiger partial charge on any atom is -0.379 e. The zero-order valence-corrected chi connectivity index (χ0v) is 16.9. The van der Waals surface area contributed by atoms with Crippen molar-refractivity contribution in [2.75, 3.05) is 44.7 Å². The molecule has 3 N–H and O–H groups in total. The van der Waals surface area contributed by atoms with Crippen LogP contribution in [0.1, 0.15) is 30.7 Å². The van der Waals surface area contributed by atoms with Crippen LogP contribution in [0.5, 0.6) is 0 Å². The van der Waals surface area contributed by atoms with E-state index in [-0.39, 0.29) is 0 Å². The predicted octanol–water partition coefficient (Wildman–Crippen LogP) is 1.21. The Morgan fingerprint density at radius 3 is 2.63 bits per heavy atom. The van der Waals surface area contributed by atoms with Crippen LogP contribution in [0.15, 0.2) is 11.1 Å². The number of nitrogens with one attached hydrogen (secondary N) is 3. The van der Waals surface area contributed by atoms with Crippen molar-refractivity contribution < 1.29 is 4.74 Å². The largest absolute Gasteiger partial charge is 0.379 e. The molecule has 2 aliphatic rings. The summed E-state index contributed by atoms with van der Waals surface area (Å²) in [5, 5.41) is 10.2. The van der Waals surface area contributed by atoms with Gasteiger partial charge in [-0.2, -0.15) is 0 Å². The minimum absolute atomic E-state index is 0.357. The average molecular weight is 392 g/mol. The Balaban J connectivity index is 1.45. The van der Waals surface area contributed by atoms with Gasteiger partial charge in [0.15, 0.2) is 5.11 Å². The van der Waals surface area contributed by atoms with Crippen molar-refractivity contribution in [2.45, 2.75) is 39.2 Å². The number of aliphatic imine (C=N–C) groups is 1. The lowest BCUT2D eigenvalue weighted by Crippen LogP contribution is -2.44. The highest BCUT2D eigenvalue weighted by molar-refractivity contribution is 7.80. The monoisotopic (exact) mass is 391 g/mol. The summed E-state index contributed by atoms with van der Waals surface area (Å²) in [6.07, 6.45) is 3.26. The normalized spacial score (nSPS) is 18.2. The summed E-state index contributed by atoms with van der Waals surface area (Å²) >= 11 is 5.42. The van der Waals surface area contributed by atoms with E-state index >= 15 is 0 Å². The SMILES string of the molecule is Cc1cc(C)nc(NC(=NC2CC2)NC(=S)NCCCN2CCOCC2)n1. The fraction of sp³-hybridized carbons (Fsp3) is 0.667. The molecule has 2 heterocycles. The van der Waals surface area contributed by atoms with Crippen LogP contribution < -0.4 is 16.0 Å². The summed E-state index contributed by atoms with van der Waals surface area (Å²) in [6.45, 7) is 9.47. The van der Waals surface area contributed by atoms with Crippen LogP contribution in [0.2, 0.25) is 0 Å². The maximum Gasteiger partial charge on any atom is 0.229 e. The maximum absolute atomic E-state index is 5.42. The summed E-state index contributed by atoms with van der Waals surface area (Å²) in [7, 11) is 0. The summed E-state index contributed by atoms with van der Waals surface area (Å²) in [6, 6.07) is 2.30. The van der Waals surface area contributed by atoms with E-state index < -0.39 is 0 Å². The highest BCUT2D eigenvalue weighted by Crippen LogP contribution is 2.23.